The largest absolute Gasteiger partial charge is 0.494 e. The Hall–Kier alpha value is -5.35. The van der Waals surface area contributed by atoms with Gasteiger partial charge in [0.2, 0.25) is 0 Å². The minimum absolute atomic E-state index is 0.102. The number of rotatable bonds is 19. The maximum Gasteiger partial charge on any atom is 0.343 e. The molecule has 14 heteroatoms. The van der Waals surface area contributed by atoms with Gasteiger partial charge in [0.1, 0.15) is 23.9 Å². The number of nitrogens with zero attached hydrogens (tertiary/aromatic N) is 2. The lowest BCUT2D eigenvalue weighted by Crippen LogP contribution is -2.11. The van der Waals surface area contributed by atoms with Crippen LogP contribution in [0.3, 0.4) is 0 Å². The van der Waals surface area contributed by atoms with E-state index in [2.05, 4.69) is 22.9 Å². The summed E-state index contributed by atoms with van der Waals surface area (Å²) in [7, 11) is 0. The molecule has 4 rings (SSSR count). The molecular weight excluding hydrogens is 709 g/mol. The molecule has 12 nitrogen and oxygen atoms in total. The fraction of sp³-hybridized carbons (Fsp3) is 0.237. The summed E-state index contributed by atoms with van der Waals surface area (Å²) in [6, 6.07) is 18.1. The first-order chi connectivity index (χ1) is 25.3. The van der Waals surface area contributed by atoms with Gasteiger partial charge in [0.05, 0.1) is 57.6 Å². The Kier molecular flexibility index (Phi) is 15.5. The van der Waals surface area contributed by atoms with Crippen LogP contribution in [0.4, 0.5) is 0 Å². The van der Waals surface area contributed by atoms with E-state index in [1.807, 2.05) is 6.07 Å². The van der Waals surface area contributed by atoms with Crippen LogP contribution in [0.25, 0.3) is 10.4 Å². The Morgan fingerprint density at radius 2 is 1.38 bits per heavy atom. The second kappa shape index (κ2) is 20.5. The van der Waals surface area contributed by atoms with Crippen LogP contribution in [0.1, 0.15) is 52.0 Å². The predicted molar refractivity (Wildman–Crippen MR) is 194 cm³/mol. The summed E-state index contributed by atoms with van der Waals surface area (Å²) < 4.78 is 27.9. The molecule has 0 unspecified atom stereocenters. The molecule has 0 amide bonds. The summed E-state index contributed by atoms with van der Waals surface area (Å²) in [5, 5.41) is 17.9. The first-order valence-electron chi connectivity index (χ1n) is 15.9. The first kappa shape index (κ1) is 39.4. The third-order valence-electron chi connectivity index (χ3n) is 7.17. The molecule has 0 fully saturated rings. The van der Waals surface area contributed by atoms with E-state index in [1.165, 1.54) is 12.1 Å². The second-order valence-corrected chi connectivity index (χ2v) is 13.0. The molecule has 0 aliphatic carbocycles. The van der Waals surface area contributed by atoms with Gasteiger partial charge >= 0.3 is 17.9 Å². The molecule has 0 saturated carbocycles. The zero-order valence-electron chi connectivity index (χ0n) is 28.0. The van der Waals surface area contributed by atoms with Crippen LogP contribution in [0, 0.1) is 17.9 Å². The van der Waals surface area contributed by atoms with Gasteiger partial charge in [-0.05, 0) is 85.4 Å². The monoisotopic (exact) mass is 742 g/mol. The number of nitriles is 1. The van der Waals surface area contributed by atoms with Crippen LogP contribution in [0.5, 0.6) is 17.2 Å². The third kappa shape index (κ3) is 11.3. The number of esters is 3. The Morgan fingerprint density at radius 1 is 0.808 bits per heavy atom. The molecule has 0 atom stereocenters. The predicted octanol–water partition coefficient (Wildman–Crippen LogP) is 8.12. The van der Waals surface area contributed by atoms with Gasteiger partial charge in [0, 0.05) is 12.7 Å². The van der Waals surface area contributed by atoms with E-state index >= 15 is 0 Å². The molecular formula is C38H34N2O10S2. The number of benzene rings is 3. The molecule has 0 saturated heterocycles. The van der Waals surface area contributed by atoms with Crippen molar-refractivity contribution in [3.05, 3.63) is 118 Å². The van der Waals surface area contributed by atoms with Gasteiger partial charge < -0.3 is 23.7 Å². The second-order valence-electron chi connectivity index (χ2n) is 10.7. The summed E-state index contributed by atoms with van der Waals surface area (Å²) in [4.78, 5) is 45.6. The average molecular weight is 743 g/mol. The Morgan fingerprint density at radius 3 is 1.94 bits per heavy atom. The van der Waals surface area contributed by atoms with Gasteiger partial charge in [-0.15, -0.1) is 0 Å². The Labute approximate surface area is 309 Å². The number of hydrogen-bond donors (Lipinski definition) is 1. The minimum atomic E-state index is -0.651. The van der Waals surface area contributed by atoms with Gasteiger partial charge in [-0.2, -0.15) is 0 Å². The van der Waals surface area contributed by atoms with Crippen LogP contribution >= 0.6 is 23.5 Å². The molecule has 3 aromatic rings. The van der Waals surface area contributed by atoms with E-state index in [-0.39, 0.29) is 42.6 Å². The lowest BCUT2D eigenvalue weighted by molar-refractivity contribution is -0.249. The van der Waals surface area contributed by atoms with Crippen molar-refractivity contribution in [3.8, 4) is 23.3 Å². The molecule has 1 heterocycles. The van der Waals surface area contributed by atoms with E-state index in [9.17, 15) is 19.6 Å². The van der Waals surface area contributed by atoms with Crippen LogP contribution < -0.4 is 14.2 Å². The van der Waals surface area contributed by atoms with E-state index < -0.39 is 17.9 Å². The molecule has 1 aliphatic rings. The minimum Gasteiger partial charge on any atom is -0.494 e. The number of allylic oxidation sites excluding steroid dienone is 2. The van der Waals surface area contributed by atoms with Crippen molar-refractivity contribution in [2.45, 2.75) is 35.5 Å². The number of thioether (sulfide) groups is 2. The lowest BCUT2D eigenvalue weighted by atomic mass is 10.0. The van der Waals surface area contributed by atoms with Crippen LogP contribution in [-0.4, -0.2) is 56.2 Å². The Bertz CT molecular complexity index is 1880. The quantitative estimate of drug-likeness (QED) is 0.0184. The zero-order valence-corrected chi connectivity index (χ0v) is 29.6. The molecule has 268 valence electrons. The summed E-state index contributed by atoms with van der Waals surface area (Å²) in [5.41, 5.74) is 2.13. The number of ether oxygens (including phenoxy) is 5. The maximum atomic E-state index is 13.2. The Balaban J connectivity index is 1.40. The number of fused-ring (bicyclic) bond motifs is 1. The van der Waals surface area contributed by atoms with Crippen LogP contribution in [-0.2, 0) is 19.2 Å². The van der Waals surface area contributed by atoms with E-state index in [1.54, 1.807) is 48.5 Å². The highest BCUT2D eigenvalue weighted by atomic mass is 32.2. The van der Waals surface area contributed by atoms with Crippen molar-refractivity contribution in [2.24, 2.45) is 0 Å². The number of carbonyl (C=O) groups excluding carboxylic acids is 3. The molecule has 0 aromatic heterocycles. The first-order valence-corrected chi connectivity index (χ1v) is 17.5. The van der Waals surface area contributed by atoms with Crippen LogP contribution in [0.15, 0.2) is 99.6 Å². The SMILES string of the molecule is [C-]#[N+]C(C#N)=C1Sc2c(OC(=O)c3ccc(OCCCCOC(=O)C=C)cc3)ccc(OC(=O)c3ccc(C(=C)CCCOCCOO)cc3)c2S1. The standard InChI is InChI=1S/C38H34N2O10S2/c1-4-33(41)47-21-6-5-20-46-29-15-13-28(14-16-29)37(43)50-32-18-17-31(34-35(32)52-38(51-34)30(24-39)40-3)49-36(42)27-11-9-26(10-12-27)25(2)8-7-19-45-22-23-48-44/h4,9-18,44H,1-2,5-8,19-23H2. The average Bonchev–Trinajstić information content (AvgIpc) is 3.62. The van der Waals surface area contributed by atoms with Crippen molar-refractivity contribution in [2.75, 3.05) is 33.0 Å². The molecule has 1 N–H and O–H groups in total. The van der Waals surface area contributed by atoms with Crippen molar-refractivity contribution >= 4 is 47.0 Å². The topological polar surface area (TPSA) is 155 Å². The highest BCUT2D eigenvalue weighted by Crippen LogP contribution is 2.59. The molecule has 1 aliphatic heterocycles. The normalized spacial score (nSPS) is 12.4. The number of hydrogen-bond acceptors (Lipinski definition) is 13. The van der Waals surface area contributed by atoms with E-state index in [4.69, 9.17) is 35.5 Å². The van der Waals surface area contributed by atoms with Gasteiger partial charge in [-0.3, -0.25) is 5.26 Å². The molecule has 0 bridgehead atoms. The smallest absolute Gasteiger partial charge is 0.343 e. The van der Waals surface area contributed by atoms with Crippen molar-refractivity contribution < 1.29 is 48.2 Å². The molecule has 3 aromatic carbocycles. The molecule has 0 spiro atoms. The fourth-order valence-corrected chi connectivity index (χ4v) is 6.97. The van der Waals surface area contributed by atoms with Crippen LogP contribution in [0.2, 0.25) is 0 Å². The van der Waals surface area contributed by atoms with Gasteiger partial charge in [-0.1, -0.05) is 48.8 Å². The van der Waals surface area contributed by atoms with Gasteiger partial charge in [0.25, 0.3) is 5.70 Å². The summed E-state index contributed by atoms with van der Waals surface area (Å²) >= 11 is 2.16. The summed E-state index contributed by atoms with van der Waals surface area (Å²) in [5.74, 6) is -0.862. The maximum absolute atomic E-state index is 13.2. The van der Waals surface area contributed by atoms with Crippen molar-refractivity contribution in [1.82, 2.24) is 0 Å². The zero-order chi connectivity index (χ0) is 37.3. The van der Waals surface area contributed by atoms with Crippen molar-refractivity contribution in [1.29, 1.82) is 5.26 Å². The summed E-state index contributed by atoms with van der Waals surface area (Å²) in [6.07, 6.45) is 3.78. The highest BCUT2D eigenvalue weighted by molar-refractivity contribution is 8.24. The molecule has 0 radical (unpaired) electrons. The summed E-state index contributed by atoms with van der Waals surface area (Å²) in [6.45, 7) is 16.4. The molecule has 52 heavy (non-hydrogen) atoms. The third-order valence-corrected chi connectivity index (χ3v) is 9.77. The van der Waals surface area contributed by atoms with E-state index in [0.717, 1.165) is 47.2 Å². The van der Waals surface area contributed by atoms with Gasteiger partial charge in [-0.25, -0.2) is 29.4 Å². The highest BCUT2D eigenvalue weighted by Gasteiger charge is 2.30. The fourth-order valence-electron chi connectivity index (χ4n) is 4.50. The van der Waals surface area contributed by atoms with E-state index in [0.29, 0.717) is 57.8 Å². The van der Waals surface area contributed by atoms with Crippen molar-refractivity contribution in [3.63, 3.8) is 0 Å². The number of carbonyl (C=O) groups is 3. The van der Waals surface area contributed by atoms with Gasteiger partial charge in [0.15, 0.2) is 0 Å². The number of unbranched alkanes of at least 4 members (excludes halogenated alkanes) is 1. The lowest BCUT2D eigenvalue weighted by Gasteiger charge is -2.13.